The lowest BCUT2D eigenvalue weighted by Crippen LogP contribution is -2.28. The van der Waals surface area contributed by atoms with E-state index in [4.69, 9.17) is 5.73 Å². The first-order valence-corrected chi connectivity index (χ1v) is 7.69. The molecule has 0 aromatic carbocycles. The van der Waals surface area contributed by atoms with Gasteiger partial charge in [0.25, 0.3) is 0 Å². The molecule has 0 aliphatic heterocycles. The van der Waals surface area contributed by atoms with E-state index in [-0.39, 0.29) is 0 Å². The Labute approximate surface area is 115 Å². The summed E-state index contributed by atoms with van der Waals surface area (Å²) in [5.41, 5.74) is 6.13. The molecule has 0 aromatic rings. The predicted octanol–water partition coefficient (Wildman–Crippen LogP) is 3.76. The van der Waals surface area contributed by atoms with Crippen molar-refractivity contribution in [2.75, 3.05) is 26.7 Å². The van der Waals surface area contributed by atoms with E-state index in [1.165, 1.54) is 38.8 Å². The Balaban J connectivity index is 3.92. The van der Waals surface area contributed by atoms with Crippen LogP contribution in [0.1, 0.15) is 60.3 Å². The Hall–Kier alpha value is -0.0800. The lowest BCUT2D eigenvalue weighted by atomic mass is 9.76. The highest BCUT2D eigenvalue weighted by molar-refractivity contribution is 4.75. The molecule has 18 heavy (non-hydrogen) atoms. The van der Waals surface area contributed by atoms with Crippen molar-refractivity contribution >= 4 is 0 Å². The molecule has 2 N–H and O–H groups in total. The van der Waals surface area contributed by atoms with Crippen LogP contribution >= 0.6 is 0 Å². The van der Waals surface area contributed by atoms with E-state index < -0.39 is 0 Å². The molecule has 2 heteroatoms. The molecule has 0 fully saturated rings. The third-order valence-electron chi connectivity index (χ3n) is 4.15. The first kappa shape index (κ1) is 17.9. The van der Waals surface area contributed by atoms with E-state index in [0.29, 0.717) is 5.41 Å². The molecule has 0 bridgehead atoms. The Morgan fingerprint density at radius 2 is 1.78 bits per heavy atom. The SMILES string of the molecule is CCC(C)CN(C)CCCC(CCN)C(C)(C)C. The van der Waals surface area contributed by atoms with Crippen LogP contribution in [0.15, 0.2) is 0 Å². The highest BCUT2D eigenvalue weighted by Gasteiger charge is 2.23. The fraction of sp³-hybridized carbons (Fsp3) is 1.00. The molecule has 0 spiro atoms. The molecule has 2 nitrogen and oxygen atoms in total. The summed E-state index contributed by atoms with van der Waals surface area (Å²) in [4.78, 5) is 2.48. The summed E-state index contributed by atoms with van der Waals surface area (Å²) < 4.78 is 0. The molecule has 0 heterocycles. The van der Waals surface area contributed by atoms with Gasteiger partial charge >= 0.3 is 0 Å². The van der Waals surface area contributed by atoms with Gasteiger partial charge in [-0.05, 0) is 56.7 Å². The summed E-state index contributed by atoms with van der Waals surface area (Å²) in [5, 5.41) is 0. The van der Waals surface area contributed by atoms with Crippen LogP contribution in [0.25, 0.3) is 0 Å². The minimum atomic E-state index is 0.397. The standard InChI is InChI=1S/C16H36N2/c1-7-14(2)13-18(6)12-8-9-15(10-11-17)16(3,4)5/h14-15H,7-13,17H2,1-6H3. The van der Waals surface area contributed by atoms with Gasteiger partial charge in [0.15, 0.2) is 0 Å². The number of nitrogens with zero attached hydrogens (tertiary/aromatic N) is 1. The third-order valence-corrected chi connectivity index (χ3v) is 4.15. The topological polar surface area (TPSA) is 29.3 Å². The van der Waals surface area contributed by atoms with Gasteiger partial charge in [-0.1, -0.05) is 41.0 Å². The number of rotatable bonds is 9. The average molecular weight is 256 g/mol. The summed E-state index contributed by atoms with van der Waals surface area (Å²) in [6.07, 6.45) is 5.06. The minimum absolute atomic E-state index is 0.397. The molecule has 0 radical (unpaired) electrons. The van der Waals surface area contributed by atoms with Crippen LogP contribution < -0.4 is 5.73 Å². The van der Waals surface area contributed by atoms with Crippen LogP contribution in [0.5, 0.6) is 0 Å². The number of hydrogen-bond donors (Lipinski definition) is 1. The Kier molecular flexibility index (Phi) is 8.89. The van der Waals surface area contributed by atoms with Crippen molar-refractivity contribution in [3.63, 3.8) is 0 Å². The second-order valence-electron chi connectivity index (χ2n) is 7.06. The van der Waals surface area contributed by atoms with Crippen molar-refractivity contribution < 1.29 is 0 Å². The zero-order valence-corrected chi connectivity index (χ0v) is 13.6. The second-order valence-corrected chi connectivity index (χ2v) is 7.06. The molecule has 110 valence electrons. The molecule has 0 rings (SSSR count). The van der Waals surface area contributed by atoms with Gasteiger partial charge in [0.05, 0.1) is 0 Å². The molecule has 0 aromatic heterocycles. The normalized spacial score (nSPS) is 16.0. The zero-order chi connectivity index (χ0) is 14.2. The first-order valence-electron chi connectivity index (χ1n) is 7.69. The van der Waals surface area contributed by atoms with Crippen molar-refractivity contribution in [2.45, 2.75) is 60.3 Å². The molecule has 2 atom stereocenters. The monoisotopic (exact) mass is 256 g/mol. The quantitative estimate of drug-likeness (QED) is 0.680. The van der Waals surface area contributed by atoms with E-state index in [1.807, 2.05) is 0 Å². The number of nitrogens with two attached hydrogens (primary N) is 1. The van der Waals surface area contributed by atoms with E-state index in [0.717, 1.165) is 18.4 Å². The van der Waals surface area contributed by atoms with Crippen LogP contribution in [0.2, 0.25) is 0 Å². The molecule has 0 aliphatic rings. The smallest absolute Gasteiger partial charge is 0.000387 e. The molecule has 2 unspecified atom stereocenters. The van der Waals surface area contributed by atoms with Gasteiger partial charge in [0.2, 0.25) is 0 Å². The van der Waals surface area contributed by atoms with Crippen molar-refractivity contribution in [3.8, 4) is 0 Å². The summed E-state index contributed by atoms with van der Waals surface area (Å²) >= 11 is 0. The van der Waals surface area contributed by atoms with Gasteiger partial charge in [0.1, 0.15) is 0 Å². The van der Waals surface area contributed by atoms with Gasteiger partial charge in [-0.15, -0.1) is 0 Å². The maximum absolute atomic E-state index is 5.73. The lowest BCUT2D eigenvalue weighted by Gasteiger charge is -2.31. The van der Waals surface area contributed by atoms with Crippen molar-refractivity contribution in [1.82, 2.24) is 4.90 Å². The second kappa shape index (κ2) is 8.92. The van der Waals surface area contributed by atoms with Crippen molar-refractivity contribution in [1.29, 1.82) is 0 Å². The van der Waals surface area contributed by atoms with Gasteiger partial charge in [-0.25, -0.2) is 0 Å². The molecular weight excluding hydrogens is 220 g/mol. The average Bonchev–Trinajstić information content (AvgIpc) is 2.26. The van der Waals surface area contributed by atoms with Crippen LogP contribution in [-0.4, -0.2) is 31.6 Å². The molecule has 0 aliphatic carbocycles. The van der Waals surface area contributed by atoms with Crippen LogP contribution in [-0.2, 0) is 0 Å². The molecule has 0 amide bonds. The predicted molar refractivity (Wildman–Crippen MR) is 82.8 cm³/mol. The van der Waals surface area contributed by atoms with E-state index in [1.54, 1.807) is 0 Å². The fourth-order valence-corrected chi connectivity index (χ4v) is 2.57. The van der Waals surface area contributed by atoms with Crippen molar-refractivity contribution in [2.24, 2.45) is 23.0 Å². The van der Waals surface area contributed by atoms with E-state index in [9.17, 15) is 0 Å². The highest BCUT2D eigenvalue weighted by atomic mass is 15.1. The van der Waals surface area contributed by atoms with Gasteiger partial charge in [-0.2, -0.15) is 0 Å². The summed E-state index contributed by atoms with van der Waals surface area (Å²) in [6.45, 7) is 14.9. The molecular formula is C16H36N2. The van der Waals surface area contributed by atoms with E-state index in [2.05, 4.69) is 46.6 Å². The highest BCUT2D eigenvalue weighted by Crippen LogP contribution is 2.32. The van der Waals surface area contributed by atoms with Gasteiger partial charge in [0, 0.05) is 6.54 Å². The summed E-state index contributed by atoms with van der Waals surface area (Å²) in [6, 6.07) is 0. The minimum Gasteiger partial charge on any atom is -0.330 e. The Morgan fingerprint density at radius 3 is 2.22 bits per heavy atom. The maximum atomic E-state index is 5.73. The van der Waals surface area contributed by atoms with Gasteiger partial charge < -0.3 is 10.6 Å². The first-order chi connectivity index (χ1) is 8.31. The van der Waals surface area contributed by atoms with Crippen LogP contribution in [0.4, 0.5) is 0 Å². The number of hydrogen-bond acceptors (Lipinski definition) is 2. The third kappa shape index (κ3) is 8.10. The zero-order valence-electron chi connectivity index (χ0n) is 13.6. The lowest BCUT2D eigenvalue weighted by molar-refractivity contribution is 0.196. The van der Waals surface area contributed by atoms with Crippen LogP contribution in [0, 0.1) is 17.3 Å². The Morgan fingerprint density at radius 1 is 1.17 bits per heavy atom. The molecule has 0 saturated heterocycles. The van der Waals surface area contributed by atoms with Crippen LogP contribution in [0.3, 0.4) is 0 Å². The Bertz CT molecular complexity index is 196. The fourth-order valence-electron chi connectivity index (χ4n) is 2.57. The summed E-state index contributed by atoms with van der Waals surface area (Å²) in [7, 11) is 2.25. The van der Waals surface area contributed by atoms with Crippen molar-refractivity contribution in [3.05, 3.63) is 0 Å². The summed E-state index contributed by atoms with van der Waals surface area (Å²) in [5.74, 6) is 1.58. The molecule has 0 saturated carbocycles. The maximum Gasteiger partial charge on any atom is 0.000387 e. The van der Waals surface area contributed by atoms with Gasteiger partial charge in [-0.3, -0.25) is 0 Å². The largest absolute Gasteiger partial charge is 0.330 e. The van der Waals surface area contributed by atoms with E-state index >= 15 is 0 Å².